The van der Waals surface area contributed by atoms with Gasteiger partial charge in [0.05, 0.1) is 12.2 Å². The second-order valence-corrected chi connectivity index (χ2v) is 3.90. The van der Waals surface area contributed by atoms with Crippen LogP contribution in [0.15, 0.2) is 24.3 Å². The molecule has 1 amide bonds. The number of carboxylic acid groups (broad SMARTS) is 1. The van der Waals surface area contributed by atoms with Crippen LogP contribution in [0, 0.1) is 0 Å². The van der Waals surface area contributed by atoms with Crippen molar-refractivity contribution in [3.8, 4) is 0 Å². The number of nitrogens with two attached hydrogens (primary N) is 1. The summed E-state index contributed by atoms with van der Waals surface area (Å²) in [4.78, 5) is 22.3. The molecule has 0 saturated heterocycles. The van der Waals surface area contributed by atoms with E-state index in [1.807, 2.05) is 0 Å². The summed E-state index contributed by atoms with van der Waals surface area (Å²) in [6, 6.07) is 6.73. The van der Waals surface area contributed by atoms with Crippen molar-refractivity contribution in [2.45, 2.75) is 6.42 Å². The van der Waals surface area contributed by atoms with Crippen molar-refractivity contribution < 1.29 is 19.4 Å². The van der Waals surface area contributed by atoms with E-state index in [0.29, 0.717) is 31.7 Å². The summed E-state index contributed by atoms with van der Waals surface area (Å²) in [7, 11) is 0. The third-order valence-electron chi connectivity index (χ3n) is 2.46. The zero-order valence-corrected chi connectivity index (χ0v) is 10.6. The molecule has 1 aromatic carbocycles. The lowest BCUT2D eigenvalue weighted by molar-refractivity contribution is -0.125. The fourth-order valence-electron chi connectivity index (χ4n) is 1.58. The molecule has 0 bridgehead atoms. The maximum Gasteiger partial charge on any atom is 0.335 e. The van der Waals surface area contributed by atoms with Crippen LogP contribution in [0.5, 0.6) is 0 Å². The van der Waals surface area contributed by atoms with E-state index in [-0.39, 0.29) is 18.1 Å². The highest BCUT2D eigenvalue weighted by molar-refractivity contribution is 5.89. The lowest BCUT2D eigenvalue weighted by Gasteiger charge is -2.07. The summed E-state index contributed by atoms with van der Waals surface area (Å²) in [6.07, 6.45) is 0.463. The minimum absolute atomic E-state index is 0.0300. The van der Waals surface area contributed by atoms with Gasteiger partial charge in [-0.15, -0.1) is 0 Å². The van der Waals surface area contributed by atoms with Crippen LogP contribution < -0.4 is 11.1 Å². The van der Waals surface area contributed by atoms with Crippen molar-refractivity contribution in [3.63, 3.8) is 0 Å². The molecular formula is C13H18N2O4. The van der Waals surface area contributed by atoms with E-state index < -0.39 is 5.97 Å². The van der Waals surface area contributed by atoms with Crippen molar-refractivity contribution in [1.82, 2.24) is 5.32 Å². The van der Waals surface area contributed by atoms with E-state index >= 15 is 0 Å². The molecule has 0 atom stereocenters. The van der Waals surface area contributed by atoms with E-state index in [9.17, 15) is 9.59 Å². The van der Waals surface area contributed by atoms with Gasteiger partial charge in [-0.2, -0.15) is 0 Å². The van der Waals surface area contributed by atoms with E-state index in [1.54, 1.807) is 24.3 Å². The topological polar surface area (TPSA) is 102 Å². The van der Waals surface area contributed by atoms with Crippen LogP contribution >= 0.6 is 0 Å². The Morgan fingerprint density at radius 2 is 2.05 bits per heavy atom. The predicted molar refractivity (Wildman–Crippen MR) is 70.0 cm³/mol. The average molecular weight is 266 g/mol. The van der Waals surface area contributed by atoms with Crippen LogP contribution in [-0.4, -0.2) is 43.3 Å². The van der Waals surface area contributed by atoms with Crippen LogP contribution in [0.3, 0.4) is 0 Å². The largest absolute Gasteiger partial charge is 0.478 e. The summed E-state index contributed by atoms with van der Waals surface area (Å²) in [5.41, 5.74) is 6.18. The Balaban J connectivity index is 2.37. The van der Waals surface area contributed by atoms with Gasteiger partial charge in [-0.25, -0.2) is 4.79 Å². The molecule has 1 aromatic rings. The Bertz CT molecular complexity index is 434. The van der Waals surface area contributed by atoms with E-state index in [4.69, 9.17) is 15.6 Å². The number of carboxylic acids is 1. The molecule has 0 heterocycles. The number of hydrogen-bond acceptors (Lipinski definition) is 4. The summed E-state index contributed by atoms with van der Waals surface area (Å²) in [5, 5.41) is 11.7. The normalized spacial score (nSPS) is 10.2. The van der Waals surface area contributed by atoms with Gasteiger partial charge in [-0.05, 0) is 18.1 Å². The van der Waals surface area contributed by atoms with Crippen LogP contribution in [0.4, 0.5) is 0 Å². The number of amides is 1. The number of carbonyl (C=O) groups is 2. The molecule has 0 saturated carbocycles. The molecule has 0 aliphatic heterocycles. The van der Waals surface area contributed by atoms with Crippen LogP contribution in [0.25, 0.3) is 0 Å². The SMILES string of the molecule is NCCOCC(=O)NCCc1ccccc1C(=O)O. The second-order valence-electron chi connectivity index (χ2n) is 3.90. The summed E-state index contributed by atoms with van der Waals surface area (Å²) in [6.45, 7) is 1.06. The lowest BCUT2D eigenvalue weighted by atomic mass is 10.0. The van der Waals surface area contributed by atoms with Gasteiger partial charge in [0.1, 0.15) is 6.61 Å². The summed E-state index contributed by atoms with van der Waals surface area (Å²) in [5.74, 6) is -1.20. The number of nitrogens with one attached hydrogen (secondary N) is 1. The van der Waals surface area contributed by atoms with Gasteiger partial charge in [0.15, 0.2) is 0 Å². The number of hydrogen-bond donors (Lipinski definition) is 3. The highest BCUT2D eigenvalue weighted by atomic mass is 16.5. The standard InChI is InChI=1S/C13H18N2O4/c14-6-8-19-9-12(16)15-7-5-10-3-1-2-4-11(10)13(17)18/h1-4H,5-9,14H2,(H,15,16)(H,17,18). The number of ether oxygens (including phenoxy) is 1. The molecule has 0 fully saturated rings. The average Bonchev–Trinajstić information content (AvgIpc) is 2.39. The lowest BCUT2D eigenvalue weighted by Crippen LogP contribution is -2.30. The van der Waals surface area contributed by atoms with Crippen LogP contribution in [0.2, 0.25) is 0 Å². The summed E-state index contributed by atoms with van der Waals surface area (Å²) >= 11 is 0. The van der Waals surface area contributed by atoms with Gasteiger partial charge in [0.2, 0.25) is 5.91 Å². The van der Waals surface area contributed by atoms with Gasteiger partial charge in [0.25, 0.3) is 0 Å². The quantitative estimate of drug-likeness (QED) is 0.576. The molecule has 0 aliphatic carbocycles. The number of benzene rings is 1. The third-order valence-corrected chi connectivity index (χ3v) is 2.46. The first-order valence-electron chi connectivity index (χ1n) is 6.01. The minimum atomic E-state index is -0.965. The number of aromatic carboxylic acids is 1. The van der Waals surface area contributed by atoms with Crippen molar-refractivity contribution >= 4 is 11.9 Å². The monoisotopic (exact) mass is 266 g/mol. The molecule has 1 rings (SSSR count). The molecule has 6 nitrogen and oxygen atoms in total. The Kier molecular flexibility index (Phi) is 6.56. The molecule has 6 heteroatoms. The Labute approximate surface area is 111 Å². The Morgan fingerprint density at radius 3 is 2.74 bits per heavy atom. The van der Waals surface area contributed by atoms with E-state index in [0.717, 1.165) is 0 Å². The van der Waals surface area contributed by atoms with Gasteiger partial charge in [0, 0.05) is 13.1 Å². The molecule has 4 N–H and O–H groups in total. The van der Waals surface area contributed by atoms with Crippen molar-refractivity contribution in [2.75, 3.05) is 26.3 Å². The minimum Gasteiger partial charge on any atom is -0.478 e. The first-order valence-corrected chi connectivity index (χ1v) is 6.01. The van der Waals surface area contributed by atoms with Crippen LogP contribution in [-0.2, 0) is 16.0 Å². The molecular weight excluding hydrogens is 248 g/mol. The molecule has 104 valence electrons. The first-order chi connectivity index (χ1) is 9.15. The number of rotatable bonds is 8. The molecule has 0 spiro atoms. The molecule has 0 aromatic heterocycles. The van der Waals surface area contributed by atoms with E-state index in [2.05, 4.69) is 5.32 Å². The van der Waals surface area contributed by atoms with Gasteiger partial charge in [-0.1, -0.05) is 18.2 Å². The predicted octanol–water partition coefficient (Wildman–Crippen LogP) is 0.0188. The van der Waals surface area contributed by atoms with Gasteiger partial charge >= 0.3 is 5.97 Å². The second kappa shape index (κ2) is 8.23. The van der Waals surface area contributed by atoms with E-state index in [1.165, 1.54) is 0 Å². The smallest absolute Gasteiger partial charge is 0.335 e. The highest BCUT2D eigenvalue weighted by Gasteiger charge is 2.08. The third kappa shape index (κ3) is 5.50. The fourth-order valence-corrected chi connectivity index (χ4v) is 1.58. The molecule has 19 heavy (non-hydrogen) atoms. The highest BCUT2D eigenvalue weighted by Crippen LogP contribution is 2.08. The molecule has 0 unspecified atom stereocenters. The Hall–Kier alpha value is -1.92. The fraction of sp³-hybridized carbons (Fsp3) is 0.385. The summed E-state index contributed by atoms with van der Waals surface area (Å²) < 4.78 is 4.98. The number of carbonyl (C=O) groups excluding carboxylic acids is 1. The van der Waals surface area contributed by atoms with Gasteiger partial charge < -0.3 is 20.9 Å². The maximum absolute atomic E-state index is 11.3. The molecule has 0 aliphatic rings. The molecule has 0 radical (unpaired) electrons. The zero-order valence-electron chi connectivity index (χ0n) is 10.6. The van der Waals surface area contributed by atoms with Crippen molar-refractivity contribution in [3.05, 3.63) is 35.4 Å². The van der Waals surface area contributed by atoms with Crippen molar-refractivity contribution in [2.24, 2.45) is 5.73 Å². The van der Waals surface area contributed by atoms with Crippen LogP contribution in [0.1, 0.15) is 15.9 Å². The maximum atomic E-state index is 11.3. The van der Waals surface area contributed by atoms with Gasteiger partial charge in [-0.3, -0.25) is 4.79 Å². The zero-order chi connectivity index (χ0) is 14.1. The first kappa shape index (κ1) is 15.1. The Morgan fingerprint density at radius 1 is 1.32 bits per heavy atom. The van der Waals surface area contributed by atoms with Crippen molar-refractivity contribution in [1.29, 1.82) is 0 Å².